The number of thioether (sulfide) groups is 1. The number of carbonyl (C=O) groups is 1. The summed E-state index contributed by atoms with van der Waals surface area (Å²) in [6.45, 7) is 3.76. The number of sulfonamides is 1. The van der Waals surface area contributed by atoms with Crippen LogP contribution in [0.15, 0.2) is 52.3 Å². The fraction of sp³-hybridized carbons (Fsp3) is 0.350. The Labute approximate surface area is 170 Å². The molecular weight excluding hydrogens is 394 g/mol. The van der Waals surface area contributed by atoms with Gasteiger partial charge in [0.15, 0.2) is 0 Å². The molecule has 2 aromatic carbocycles. The Morgan fingerprint density at radius 3 is 2.39 bits per heavy atom. The van der Waals surface area contributed by atoms with Gasteiger partial charge in [-0.1, -0.05) is 12.1 Å². The molecule has 1 heterocycles. The monoisotopic (exact) mass is 419 g/mol. The highest BCUT2D eigenvalue weighted by atomic mass is 32.2. The molecule has 0 aromatic heterocycles. The first-order chi connectivity index (χ1) is 13.4. The molecule has 1 amide bonds. The number of rotatable bonds is 7. The second-order valence-corrected chi connectivity index (χ2v) is 9.34. The molecule has 1 aliphatic heterocycles. The highest BCUT2D eigenvalue weighted by Gasteiger charge is 2.17. The molecule has 2 N–H and O–H groups in total. The number of benzene rings is 2. The molecule has 0 unspecified atom stereocenters. The summed E-state index contributed by atoms with van der Waals surface area (Å²) < 4.78 is 28.0. The van der Waals surface area contributed by atoms with Crippen LogP contribution >= 0.6 is 11.8 Å². The Balaban J connectivity index is 1.70. The third kappa shape index (κ3) is 5.06. The predicted molar refractivity (Wildman–Crippen MR) is 114 cm³/mol. The van der Waals surface area contributed by atoms with Crippen molar-refractivity contribution in [2.75, 3.05) is 29.6 Å². The number of nitrogens with one attached hydrogen (secondary N) is 2. The second-order valence-electron chi connectivity index (χ2n) is 6.73. The van der Waals surface area contributed by atoms with Crippen LogP contribution in [0.4, 0.5) is 11.4 Å². The first kappa shape index (κ1) is 20.7. The molecule has 0 spiro atoms. The van der Waals surface area contributed by atoms with E-state index in [1.165, 1.54) is 43.3 Å². The average Bonchev–Trinajstić information content (AvgIpc) is 3.21. The minimum absolute atomic E-state index is 0.128. The quantitative estimate of drug-likeness (QED) is 0.672. The summed E-state index contributed by atoms with van der Waals surface area (Å²) >= 11 is 1.44. The molecule has 1 fully saturated rings. The van der Waals surface area contributed by atoms with E-state index in [9.17, 15) is 13.2 Å². The van der Waals surface area contributed by atoms with Crippen LogP contribution in [0.5, 0.6) is 0 Å². The van der Waals surface area contributed by atoms with Gasteiger partial charge in [-0.15, -0.1) is 11.8 Å². The molecule has 0 saturated carbocycles. The van der Waals surface area contributed by atoms with Crippen LogP contribution < -0.4 is 14.9 Å². The maximum Gasteiger partial charge on any atom is 0.240 e. The first-order valence-electron chi connectivity index (χ1n) is 9.18. The number of hydrogen-bond donors (Lipinski definition) is 2. The summed E-state index contributed by atoms with van der Waals surface area (Å²) in [4.78, 5) is 14.7. The lowest BCUT2D eigenvalue weighted by Crippen LogP contribution is -2.23. The Morgan fingerprint density at radius 2 is 1.79 bits per heavy atom. The Bertz CT molecular complexity index is 938. The molecule has 1 saturated heterocycles. The van der Waals surface area contributed by atoms with Crippen LogP contribution in [0.1, 0.15) is 25.3 Å². The lowest BCUT2D eigenvalue weighted by Gasteiger charge is -2.17. The van der Waals surface area contributed by atoms with E-state index < -0.39 is 10.0 Å². The van der Waals surface area contributed by atoms with Gasteiger partial charge in [0.25, 0.3) is 0 Å². The molecule has 0 aliphatic carbocycles. The second kappa shape index (κ2) is 8.98. The van der Waals surface area contributed by atoms with Crippen LogP contribution in [-0.4, -0.2) is 33.7 Å². The van der Waals surface area contributed by atoms with Gasteiger partial charge < -0.3 is 10.2 Å². The van der Waals surface area contributed by atoms with Crippen molar-refractivity contribution in [1.29, 1.82) is 0 Å². The highest BCUT2D eigenvalue weighted by molar-refractivity contribution is 7.98. The van der Waals surface area contributed by atoms with Crippen LogP contribution in [0.25, 0.3) is 0 Å². The molecule has 0 atom stereocenters. The number of anilines is 2. The zero-order valence-corrected chi connectivity index (χ0v) is 17.7. The topological polar surface area (TPSA) is 78.5 Å². The molecule has 6 nitrogen and oxygen atoms in total. The third-order valence-electron chi connectivity index (χ3n) is 4.67. The normalized spacial score (nSPS) is 14.3. The van der Waals surface area contributed by atoms with E-state index in [0.717, 1.165) is 23.5 Å². The molecular formula is C20H25N3O3S2. The van der Waals surface area contributed by atoms with Gasteiger partial charge >= 0.3 is 0 Å². The number of hydrogen-bond acceptors (Lipinski definition) is 5. The van der Waals surface area contributed by atoms with E-state index in [4.69, 9.17) is 0 Å². The lowest BCUT2D eigenvalue weighted by atomic mass is 10.2. The molecule has 0 radical (unpaired) electrons. The third-order valence-corrected chi connectivity index (χ3v) is 6.86. The summed E-state index contributed by atoms with van der Waals surface area (Å²) in [5.41, 5.74) is 2.57. The van der Waals surface area contributed by atoms with Crippen LogP contribution in [0.2, 0.25) is 0 Å². The maximum atomic E-state index is 12.7. The predicted octanol–water partition coefficient (Wildman–Crippen LogP) is 3.45. The lowest BCUT2D eigenvalue weighted by molar-refractivity contribution is -0.114. The summed E-state index contributed by atoms with van der Waals surface area (Å²) in [5, 5.41) is 2.69. The highest BCUT2D eigenvalue weighted by Crippen LogP contribution is 2.28. The van der Waals surface area contributed by atoms with E-state index >= 15 is 0 Å². The number of nitrogens with zero attached hydrogens (tertiary/aromatic N) is 1. The van der Waals surface area contributed by atoms with Gasteiger partial charge in [-0.2, -0.15) is 0 Å². The van der Waals surface area contributed by atoms with Crippen molar-refractivity contribution >= 4 is 39.1 Å². The summed E-state index contributed by atoms with van der Waals surface area (Å²) in [5.74, 6) is -0.240. The molecule has 3 rings (SSSR count). The zero-order valence-electron chi connectivity index (χ0n) is 16.1. The average molecular weight is 420 g/mol. The summed E-state index contributed by atoms with van der Waals surface area (Å²) in [6.07, 6.45) is 4.31. The van der Waals surface area contributed by atoms with Gasteiger partial charge in [-0.3, -0.25) is 4.79 Å². The fourth-order valence-corrected chi connectivity index (χ4v) is 4.78. The first-order valence-corrected chi connectivity index (χ1v) is 11.9. The molecule has 1 aliphatic rings. The zero-order chi connectivity index (χ0) is 20.1. The van der Waals surface area contributed by atoms with Crippen molar-refractivity contribution < 1.29 is 13.2 Å². The van der Waals surface area contributed by atoms with E-state index in [2.05, 4.69) is 14.9 Å². The van der Waals surface area contributed by atoms with Crippen molar-refractivity contribution in [3.8, 4) is 0 Å². The van der Waals surface area contributed by atoms with Gasteiger partial charge in [-0.25, -0.2) is 13.1 Å². The van der Waals surface area contributed by atoms with E-state index in [0.29, 0.717) is 5.69 Å². The molecule has 0 bridgehead atoms. The van der Waals surface area contributed by atoms with Gasteiger partial charge in [-0.05, 0) is 55.0 Å². The van der Waals surface area contributed by atoms with Gasteiger partial charge in [0.1, 0.15) is 0 Å². The fourth-order valence-electron chi connectivity index (χ4n) is 3.20. The van der Waals surface area contributed by atoms with Crippen LogP contribution in [0, 0.1) is 0 Å². The Morgan fingerprint density at radius 1 is 1.11 bits per heavy atom. The summed E-state index contributed by atoms with van der Waals surface area (Å²) in [7, 11) is -3.69. The van der Waals surface area contributed by atoms with Gasteiger partial charge in [0.2, 0.25) is 15.9 Å². The van der Waals surface area contributed by atoms with Crippen molar-refractivity contribution in [1.82, 2.24) is 4.72 Å². The number of carbonyl (C=O) groups excluding carboxylic acids is 1. The standard InChI is InChI=1S/C20H25N3O3S2/c1-15(24)22-19-13-18(9-10-20(19)27-2)28(25,26)21-14-16-5-7-17(8-6-16)23-11-3-4-12-23/h5-10,13,21H,3-4,11-12,14H2,1-2H3,(H,22,24). The summed E-state index contributed by atoms with van der Waals surface area (Å²) in [6, 6.07) is 12.7. The van der Waals surface area contributed by atoms with Gasteiger partial charge in [0.05, 0.1) is 10.6 Å². The van der Waals surface area contributed by atoms with E-state index in [1.54, 1.807) is 12.1 Å². The van der Waals surface area contributed by atoms with Crippen molar-refractivity contribution in [3.05, 3.63) is 48.0 Å². The minimum atomic E-state index is -3.69. The van der Waals surface area contributed by atoms with Gasteiger partial charge in [0, 0.05) is 37.1 Å². The molecule has 2 aromatic rings. The minimum Gasteiger partial charge on any atom is -0.372 e. The van der Waals surface area contributed by atoms with E-state index in [-0.39, 0.29) is 17.3 Å². The SMILES string of the molecule is CSc1ccc(S(=O)(=O)NCc2ccc(N3CCCC3)cc2)cc1NC(C)=O. The Kier molecular flexibility index (Phi) is 6.64. The Hall–Kier alpha value is -2.03. The van der Waals surface area contributed by atoms with E-state index in [1.807, 2.05) is 30.5 Å². The van der Waals surface area contributed by atoms with Crippen molar-refractivity contribution in [2.24, 2.45) is 0 Å². The largest absolute Gasteiger partial charge is 0.372 e. The van der Waals surface area contributed by atoms with Crippen molar-refractivity contribution in [2.45, 2.75) is 36.1 Å². The maximum absolute atomic E-state index is 12.7. The van der Waals surface area contributed by atoms with Crippen LogP contribution in [-0.2, 0) is 21.4 Å². The smallest absolute Gasteiger partial charge is 0.240 e. The van der Waals surface area contributed by atoms with Crippen LogP contribution in [0.3, 0.4) is 0 Å². The molecule has 8 heteroatoms. The number of amides is 1. The molecule has 28 heavy (non-hydrogen) atoms. The van der Waals surface area contributed by atoms with Crippen molar-refractivity contribution in [3.63, 3.8) is 0 Å². The molecule has 150 valence electrons.